The standard InChI is InChI=1S/C13H17NO2/c1-3-8-12(16-4-2)14-13(15)11-9-6-5-7-10-11/h5-7,9-10H,3-4,8H2,1-2H3/b14-12+. The van der Waals surface area contributed by atoms with Crippen LogP contribution in [0, 0.1) is 0 Å². The summed E-state index contributed by atoms with van der Waals surface area (Å²) in [7, 11) is 0. The van der Waals surface area contributed by atoms with E-state index in [1.54, 1.807) is 12.1 Å². The Morgan fingerprint density at radius 3 is 2.50 bits per heavy atom. The second-order valence-electron chi connectivity index (χ2n) is 3.36. The number of rotatable bonds is 4. The van der Waals surface area contributed by atoms with Gasteiger partial charge in [0.2, 0.25) is 0 Å². The fraction of sp³-hybridized carbons (Fsp3) is 0.385. The Hall–Kier alpha value is -1.64. The highest BCUT2D eigenvalue weighted by molar-refractivity contribution is 6.01. The summed E-state index contributed by atoms with van der Waals surface area (Å²) < 4.78 is 5.30. The van der Waals surface area contributed by atoms with Crippen molar-refractivity contribution in [3.8, 4) is 0 Å². The summed E-state index contributed by atoms with van der Waals surface area (Å²) in [6.45, 7) is 4.46. The van der Waals surface area contributed by atoms with Gasteiger partial charge in [-0.1, -0.05) is 25.1 Å². The molecule has 0 spiro atoms. The molecule has 0 saturated heterocycles. The number of ether oxygens (including phenoxy) is 1. The lowest BCUT2D eigenvalue weighted by atomic mass is 10.2. The van der Waals surface area contributed by atoms with Gasteiger partial charge in [-0.25, -0.2) is 0 Å². The summed E-state index contributed by atoms with van der Waals surface area (Å²) in [5, 5.41) is 0. The van der Waals surface area contributed by atoms with E-state index < -0.39 is 0 Å². The highest BCUT2D eigenvalue weighted by atomic mass is 16.5. The first-order valence-corrected chi connectivity index (χ1v) is 5.57. The van der Waals surface area contributed by atoms with E-state index >= 15 is 0 Å². The normalized spacial score (nSPS) is 11.2. The molecule has 16 heavy (non-hydrogen) atoms. The van der Waals surface area contributed by atoms with Crippen LogP contribution >= 0.6 is 0 Å². The SMILES string of the molecule is CCC/C(=N\C(=O)c1ccccc1)OCC. The van der Waals surface area contributed by atoms with Crippen molar-refractivity contribution >= 4 is 11.8 Å². The van der Waals surface area contributed by atoms with Crippen LogP contribution in [-0.4, -0.2) is 18.4 Å². The average molecular weight is 219 g/mol. The zero-order chi connectivity index (χ0) is 11.8. The fourth-order valence-electron chi connectivity index (χ4n) is 1.30. The zero-order valence-electron chi connectivity index (χ0n) is 9.77. The topological polar surface area (TPSA) is 38.7 Å². The predicted molar refractivity (Wildman–Crippen MR) is 64.7 cm³/mol. The van der Waals surface area contributed by atoms with Gasteiger partial charge in [0.05, 0.1) is 6.61 Å². The molecule has 0 atom stereocenters. The molecule has 0 aliphatic heterocycles. The van der Waals surface area contributed by atoms with Gasteiger partial charge < -0.3 is 4.74 Å². The van der Waals surface area contributed by atoms with E-state index in [2.05, 4.69) is 4.99 Å². The monoisotopic (exact) mass is 219 g/mol. The summed E-state index contributed by atoms with van der Waals surface area (Å²) in [6.07, 6.45) is 1.62. The van der Waals surface area contributed by atoms with Gasteiger partial charge in [0.25, 0.3) is 5.91 Å². The summed E-state index contributed by atoms with van der Waals surface area (Å²) in [4.78, 5) is 15.7. The Balaban J connectivity index is 2.76. The van der Waals surface area contributed by atoms with Gasteiger partial charge in [0.15, 0.2) is 5.90 Å². The van der Waals surface area contributed by atoms with E-state index in [0.29, 0.717) is 24.5 Å². The van der Waals surface area contributed by atoms with Crippen LogP contribution in [-0.2, 0) is 4.74 Å². The largest absolute Gasteiger partial charge is 0.481 e. The first kappa shape index (κ1) is 12.4. The van der Waals surface area contributed by atoms with Crippen LogP contribution in [0.15, 0.2) is 35.3 Å². The van der Waals surface area contributed by atoms with E-state index in [4.69, 9.17) is 4.74 Å². The Morgan fingerprint density at radius 1 is 1.25 bits per heavy atom. The van der Waals surface area contributed by atoms with Gasteiger partial charge >= 0.3 is 0 Å². The number of hydrogen-bond acceptors (Lipinski definition) is 2. The van der Waals surface area contributed by atoms with Gasteiger partial charge in [-0.2, -0.15) is 4.99 Å². The Bertz CT molecular complexity index is 349. The zero-order valence-corrected chi connectivity index (χ0v) is 9.77. The maximum absolute atomic E-state index is 11.7. The lowest BCUT2D eigenvalue weighted by Crippen LogP contribution is -2.08. The predicted octanol–water partition coefficient (Wildman–Crippen LogP) is 3.06. The third kappa shape index (κ3) is 3.85. The van der Waals surface area contributed by atoms with Crippen LogP contribution in [0.2, 0.25) is 0 Å². The van der Waals surface area contributed by atoms with Gasteiger partial charge in [0.1, 0.15) is 0 Å². The summed E-state index contributed by atoms with van der Waals surface area (Å²) >= 11 is 0. The molecule has 1 aromatic rings. The maximum Gasteiger partial charge on any atom is 0.279 e. The molecule has 0 fully saturated rings. The molecule has 0 aliphatic carbocycles. The molecule has 0 unspecified atom stereocenters. The van der Waals surface area contributed by atoms with E-state index in [0.717, 1.165) is 6.42 Å². The lowest BCUT2D eigenvalue weighted by molar-refractivity contribution is 0.0998. The van der Waals surface area contributed by atoms with Crippen LogP contribution in [0.3, 0.4) is 0 Å². The molecule has 0 aliphatic rings. The first-order valence-electron chi connectivity index (χ1n) is 5.57. The molecule has 0 heterocycles. The number of nitrogens with zero attached hydrogens (tertiary/aromatic N) is 1. The maximum atomic E-state index is 11.7. The van der Waals surface area contributed by atoms with Crippen molar-refractivity contribution in [2.75, 3.05) is 6.61 Å². The Labute approximate surface area is 96.2 Å². The molecular formula is C13H17NO2. The number of carbonyl (C=O) groups is 1. The number of carbonyl (C=O) groups excluding carboxylic acids is 1. The summed E-state index contributed by atoms with van der Waals surface area (Å²) in [6, 6.07) is 9.02. The summed E-state index contributed by atoms with van der Waals surface area (Å²) in [5.74, 6) is 0.288. The van der Waals surface area contributed by atoms with E-state index in [1.807, 2.05) is 32.0 Å². The quantitative estimate of drug-likeness (QED) is 0.576. The van der Waals surface area contributed by atoms with E-state index in [1.165, 1.54) is 0 Å². The third-order valence-corrected chi connectivity index (χ3v) is 2.02. The van der Waals surface area contributed by atoms with Crippen molar-refractivity contribution in [3.05, 3.63) is 35.9 Å². The molecule has 0 radical (unpaired) electrons. The lowest BCUT2D eigenvalue weighted by Gasteiger charge is -2.05. The number of benzene rings is 1. The average Bonchev–Trinajstić information content (AvgIpc) is 2.31. The smallest absolute Gasteiger partial charge is 0.279 e. The van der Waals surface area contributed by atoms with Crippen LogP contribution in [0.5, 0.6) is 0 Å². The molecule has 0 saturated carbocycles. The minimum atomic E-state index is -0.238. The summed E-state index contributed by atoms with van der Waals surface area (Å²) in [5.41, 5.74) is 0.593. The van der Waals surface area contributed by atoms with Crippen LogP contribution in [0.25, 0.3) is 0 Å². The molecule has 3 heteroatoms. The third-order valence-electron chi connectivity index (χ3n) is 2.02. The van der Waals surface area contributed by atoms with Gasteiger partial charge in [-0.05, 0) is 25.5 Å². The Morgan fingerprint density at radius 2 is 1.94 bits per heavy atom. The molecule has 0 aromatic heterocycles. The van der Waals surface area contributed by atoms with Gasteiger partial charge in [-0.3, -0.25) is 4.79 Å². The van der Waals surface area contributed by atoms with Crippen molar-refractivity contribution in [1.82, 2.24) is 0 Å². The number of hydrogen-bond donors (Lipinski definition) is 0. The molecular weight excluding hydrogens is 202 g/mol. The molecule has 0 N–H and O–H groups in total. The number of aliphatic imine (C=N–C) groups is 1. The van der Waals surface area contributed by atoms with Gasteiger partial charge in [0, 0.05) is 12.0 Å². The minimum Gasteiger partial charge on any atom is -0.481 e. The van der Waals surface area contributed by atoms with Gasteiger partial charge in [-0.15, -0.1) is 0 Å². The Kier molecular flexibility index (Phi) is 5.26. The molecule has 3 nitrogen and oxygen atoms in total. The fourth-order valence-corrected chi connectivity index (χ4v) is 1.30. The van der Waals surface area contributed by atoms with Crippen molar-refractivity contribution in [1.29, 1.82) is 0 Å². The van der Waals surface area contributed by atoms with Crippen molar-refractivity contribution in [2.45, 2.75) is 26.7 Å². The van der Waals surface area contributed by atoms with Crippen LogP contribution in [0.4, 0.5) is 0 Å². The first-order chi connectivity index (χ1) is 7.77. The highest BCUT2D eigenvalue weighted by Gasteiger charge is 2.06. The minimum absolute atomic E-state index is 0.238. The van der Waals surface area contributed by atoms with E-state index in [9.17, 15) is 4.79 Å². The second kappa shape index (κ2) is 6.77. The molecule has 1 rings (SSSR count). The highest BCUT2D eigenvalue weighted by Crippen LogP contribution is 2.03. The second-order valence-corrected chi connectivity index (χ2v) is 3.36. The van der Waals surface area contributed by atoms with Crippen LogP contribution in [0.1, 0.15) is 37.0 Å². The molecule has 1 aromatic carbocycles. The van der Waals surface area contributed by atoms with E-state index in [-0.39, 0.29) is 5.91 Å². The number of amides is 1. The molecule has 86 valence electrons. The van der Waals surface area contributed by atoms with Crippen LogP contribution < -0.4 is 0 Å². The molecule has 1 amide bonds. The molecule has 0 bridgehead atoms. The van der Waals surface area contributed by atoms with Crippen molar-refractivity contribution < 1.29 is 9.53 Å². The van der Waals surface area contributed by atoms with Crippen molar-refractivity contribution in [2.24, 2.45) is 4.99 Å². The van der Waals surface area contributed by atoms with Crippen molar-refractivity contribution in [3.63, 3.8) is 0 Å².